The summed E-state index contributed by atoms with van der Waals surface area (Å²) in [5.74, 6) is 0. The molecular weight excluding hydrogens is 200 g/mol. The first-order valence-corrected chi connectivity index (χ1v) is 3.65. The molecule has 0 radical (unpaired) electrons. The van der Waals surface area contributed by atoms with Crippen molar-refractivity contribution in [3.8, 4) is 0 Å². The van der Waals surface area contributed by atoms with E-state index in [0.717, 1.165) is 0 Å². The van der Waals surface area contributed by atoms with E-state index in [-0.39, 0.29) is 6.29 Å². The zero-order valence-electron chi connectivity index (χ0n) is 7.05. The van der Waals surface area contributed by atoms with Crippen LogP contribution in [0.5, 0.6) is 0 Å². The lowest BCUT2D eigenvalue weighted by atomic mass is 10.0. The average molecular weight is 212 g/mol. The lowest BCUT2D eigenvalue weighted by Gasteiger charge is -2.25. The molecule has 0 aliphatic heterocycles. The Labute approximate surface area is 78.8 Å². The lowest BCUT2D eigenvalue weighted by molar-refractivity contribution is -0.361. The van der Waals surface area contributed by atoms with Crippen LogP contribution in [-0.4, -0.2) is 63.1 Å². The van der Waals surface area contributed by atoms with Gasteiger partial charge in [-0.15, -0.1) is 0 Å². The molecule has 0 aromatic rings. The lowest BCUT2D eigenvalue weighted by Crippen LogP contribution is -2.48. The van der Waals surface area contributed by atoms with Crippen LogP contribution in [0.1, 0.15) is 0 Å². The highest BCUT2D eigenvalue weighted by Gasteiger charge is 2.35. The van der Waals surface area contributed by atoms with Crippen molar-refractivity contribution in [2.75, 3.05) is 6.61 Å². The molecule has 14 heavy (non-hydrogen) atoms. The smallest absolute Gasteiger partial charge is 0.179 e. The van der Waals surface area contributed by atoms with Crippen LogP contribution >= 0.6 is 0 Å². The highest BCUT2D eigenvalue weighted by atomic mass is 17.1. The fourth-order valence-electron chi connectivity index (χ4n) is 0.806. The van der Waals surface area contributed by atoms with E-state index in [1.165, 1.54) is 0 Å². The van der Waals surface area contributed by atoms with Crippen molar-refractivity contribution >= 4 is 6.29 Å². The number of aliphatic hydroxyl groups is 3. The maximum Gasteiger partial charge on any atom is 0.179 e. The van der Waals surface area contributed by atoms with Gasteiger partial charge in [0.15, 0.2) is 18.5 Å². The molecule has 0 saturated heterocycles. The summed E-state index contributed by atoms with van der Waals surface area (Å²) in [5, 5.41) is 43.0. The van der Waals surface area contributed by atoms with Gasteiger partial charge in [0.05, 0.1) is 6.61 Å². The molecule has 0 saturated carbocycles. The van der Waals surface area contributed by atoms with Crippen LogP contribution in [0.15, 0.2) is 0 Å². The largest absolute Gasteiger partial charge is 0.394 e. The Morgan fingerprint density at radius 1 is 1.21 bits per heavy atom. The molecule has 0 aromatic carbocycles. The maximum absolute atomic E-state index is 10.2. The van der Waals surface area contributed by atoms with E-state index in [1.807, 2.05) is 0 Å². The SMILES string of the molecule is O=C[C@H](OO)[C@@H](OO)[C@H](O)[C@H](O)CO. The zero-order chi connectivity index (χ0) is 11.1. The number of carbonyl (C=O) groups is 1. The molecule has 0 amide bonds. The van der Waals surface area contributed by atoms with Crippen LogP contribution < -0.4 is 0 Å². The molecule has 0 aromatic heterocycles. The number of rotatable bonds is 7. The molecule has 84 valence electrons. The third-order valence-electron chi connectivity index (χ3n) is 1.62. The predicted molar refractivity (Wildman–Crippen MR) is 40.2 cm³/mol. The van der Waals surface area contributed by atoms with Crippen molar-refractivity contribution in [2.45, 2.75) is 24.4 Å². The standard InChI is InChI=1S/C6H12O8/c7-1-3(9)5(10)6(14-12)4(2-8)13-11/h2-7,9-12H,1H2/t3-,4+,5-,6-/m1/s1. The molecule has 0 aliphatic carbocycles. The third-order valence-corrected chi connectivity index (χ3v) is 1.62. The second kappa shape index (κ2) is 6.79. The van der Waals surface area contributed by atoms with Crippen LogP contribution in [0.2, 0.25) is 0 Å². The van der Waals surface area contributed by atoms with E-state index < -0.39 is 31.0 Å². The number of hydrogen-bond donors (Lipinski definition) is 5. The van der Waals surface area contributed by atoms with Gasteiger partial charge in [-0.2, -0.15) is 0 Å². The molecule has 0 rings (SSSR count). The van der Waals surface area contributed by atoms with Crippen LogP contribution in [-0.2, 0) is 14.6 Å². The Bertz CT molecular complexity index is 162. The summed E-state index contributed by atoms with van der Waals surface area (Å²) >= 11 is 0. The van der Waals surface area contributed by atoms with Crippen molar-refractivity contribution in [3.05, 3.63) is 0 Å². The molecule has 0 aliphatic rings. The van der Waals surface area contributed by atoms with Gasteiger partial charge in [0.25, 0.3) is 0 Å². The van der Waals surface area contributed by atoms with Gasteiger partial charge in [-0.25, -0.2) is 9.78 Å². The average Bonchev–Trinajstić information content (AvgIpc) is 2.23. The van der Waals surface area contributed by atoms with Gasteiger partial charge in [-0.3, -0.25) is 10.5 Å². The second-order valence-corrected chi connectivity index (χ2v) is 2.52. The number of hydrogen-bond acceptors (Lipinski definition) is 8. The quantitative estimate of drug-likeness (QED) is 0.179. The highest BCUT2D eigenvalue weighted by Crippen LogP contribution is 2.09. The molecule has 8 nitrogen and oxygen atoms in total. The molecule has 0 fully saturated rings. The molecule has 8 heteroatoms. The van der Waals surface area contributed by atoms with E-state index in [1.54, 1.807) is 0 Å². The minimum atomic E-state index is -1.78. The topological polar surface area (TPSA) is 137 Å². The Balaban J connectivity index is 4.44. The first-order valence-electron chi connectivity index (χ1n) is 3.65. The van der Waals surface area contributed by atoms with Crippen LogP contribution in [0.25, 0.3) is 0 Å². The van der Waals surface area contributed by atoms with E-state index in [2.05, 4.69) is 9.78 Å². The summed E-state index contributed by atoms with van der Waals surface area (Å²) in [5.41, 5.74) is 0. The number of carbonyl (C=O) groups excluding carboxylic acids is 1. The Kier molecular flexibility index (Phi) is 6.49. The predicted octanol–water partition coefficient (Wildman–Crippen LogP) is -2.38. The fourth-order valence-corrected chi connectivity index (χ4v) is 0.806. The van der Waals surface area contributed by atoms with E-state index in [9.17, 15) is 4.79 Å². The molecule has 0 spiro atoms. The van der Waals surface area contributed by atoms with Crippen LogP contribution in [0, 0.1) is 0 Å². The zero-order valence-corrected chi connectivity index (χ0v) is 7.05. The van der Waals surface area contributed by atoms with Gasteiger partial charge in [0, 0.05) is 0 Å². The Hall–Kier alpha value is -0.610. The van der Waals surface area contributed by atoms with Gasteiger partial charge in [-0.05, 0) is 0 Å². The van der Waals surface area contributed by atoms with Crippen molar-refractivity contribution in [3.63, 3.8) is 0 Å². The molecule has 0 unspecified atom stereocenters. The Morgan fingerprint density at radius 2 is 1.79 bits per heavy atom. The monoisotopic (exact) mass is 212 g/mol. The minimum Gasteiger partial charge on any atom is -0.394 e. The van der Waals surface area contributed by atoms with Crippen molar-refractivity contribution in [1.29, 1.82) is 0 Å². The van der Waals surface area contributed by atoms with Gasteiger partial charge in [-0.1, -0.05) is 0 Å². The van der Waals surface area contributed by atoms with Crippen molar-refractivity contribution < 1.29 is 40.4 Å². The van der Waals surface area contributed by atoms with Crippen molar-refractivity contribution in [2.24, 2.45) is 0 Å². The highest BCUT2D eigenvalue weighted by molar-refractivity contribution is 5.57. The first-order chi connectivity index (χ1) is 6.62. The molecule has 5 N–H and O–H groups in total. The van der Waals surface area contributed by atoms with Gasteiger partial charge in [0.1, 0.15) is 12.2 Å². The van der Waals surface area contributed by atoms with Crippen LogP contribution in [0.4, 0.5) is 0 Å². The summed E-state index contributed by atoms with van der Waals surface area (Å²) in [4.78, 5) is 17.4. The third kappa shape index (κ3) is 3.27. The molecule has 0 bridgehead atoms. The minimum absolute atomic E-state index is 0.0498. The van der Waals surface area contributed by atoms with E-state index in [0.29, 0.717) is 0 Å². The van der Waals surface area contributed by atoms with Gasteiger partial charge in [0.2, 0.25) is 0 Å². The summed E-state index contributed by atoms with van der Waals surface area (Å²) < 4.78 is 0. The first kappa shape index (κ1) is 13.4. The normalized spacial score (nSPS) is 19.8. The van der Waals surface area contributed by atoms with Crippen molar-refractivity contribution in [1.82, 2.24) is 0 Å². The number of aliphatic hydroxyl groups excluding tert-OH is 3. The number of aldehydes is 1. The second-order valence-electron chi connectivity index (χ2n) is 2.52. The summed E-state index contributed by atoms with van der Waals surface area (Å²) in [7, 11) is 0. The molecule has 0 heterocycles. The fraction of sp³-hybridized carbons (Fsp3) is 0.833. The summed E-state index contributed by atoms with van der Waals surface area (Å²) in [6, 6.07) is 0. The summed E-state index contributed by atoms with van der Waals surface area (Å²) in [6.07, 6.45) is -6.73. The van der Waals surface area contributed by atoms with Gasteiger partial charge >= 0.3 is 0 Å². The molecular formula is C6H12O8. The summed E-state index contributed by atoms with van der Waals surface area (Å²) in [6.45, 7) is -0.808. The molecule has 4 atom stereocenters. The van der Waals surface area contributed by atoms with Gasteiger partial charge < -0.3 is 20.1 Å². The maximum atomic E-state index is 10.2. The van der Waals surface area contributed by atoms with E-state index >= 15 is 0 Å². The Morgan fingerprint density at radius 3 is 2.07 bits per heavy atom. The van der Waals surface area contributed by atoms with E-state index in [4.69, 9.17) is 25.8 Å². The van der Waals surface area contributed by atoms with Crippen LogP contribution in [0.3, 0.4) is 0 Å².